The molecule has 0 saturated carbocycles. The van der Waals surface area contributed by atoms with Gasteiger partial charge in [-0.2, -0.15) is 13.2 Å². The van der Waals surface area contributed by atoms with E-state index in [1.54, 1.807) is 37.3 Å². The summed E-state index contributed by atoms with van der Waals surface area (Å²) in [5, 5.41) is 13.1. The van der Waals surface area contributed by atoms with Crippen LogP contribution in [0, 0.1) is 6.92 Å². The first kappa shape index (κ1) is 33.6. The lowest BCUT2D eigenvalue weighted by Gasteiger charge is -2.48. The van der Waals surface area contributed by atoms with Gasteiger partial charge in [0.05, 0.1) is 49.7 Å². The Balaban J connectivity index is 1.57. The molecule has 1 aliphatic heterocycles. The molecular formula is C34H32F3NO9. The lowest BCUT2D eigenvalue weighted by atomic mass is 9.77. The fourth-order valence-corrected chi connectivity index (χ4v) is 6.44. The molecule has 0 radical (unpaired) electrons. The van der Waals surface area contributed by atoms with Gasteiger partial charge in [-0.05, 0) is 44.0 Å². The van der Waals surface area contributed by atoms with E-state index >= 15 is 0 Å². The summed E-state index contributed by atoms with van der Waals surface area (Å²) in [6.07, 6.45) is -8.41. The van der Waals surface area contributed by atoms with Crippen molar-refractivity contribution in [1.82, 2.24) is 5.32 Å². The summed E-state index contributed by atoms with van der Waals surface area (Å²) in [5.74, 6) is -5.37. The van der Waals surface area contributed by atoms with Crippen molar-refractivity contribution >= 4 is 23.4 Å². The number of phenolic OH excluding ortho intramolecular Hbond substituents is 1. The first-order valence-electron chi connectivity index (χ1n) is 14.6. The van der Waals surface area contributed by atoms with Gasteiger partial charge in [0.2, 0.25) is 5.78 Å². The van der Waals surface area contributed by atoms with E-state index in [2.05, 4.69) is 5.32 Å². The maximum Gasteiger partial charge on any atom is 0.471 e. The molecule has 248 valence electrons. The largest absolute Gasteiger partial charge is 0.506 e. The Kier molecular flexibility index (Phi) is 8.91. The van der Waals surface area contributed by atoms with Gasteiger partial charge in [-0.15, -0.1) is 0 Å². The van der Waals surface area contributed by atoms with E-state index in [1.807, 2.05) is 0 Å². The summed E-state index contributed by atoms with van der Waals surface area (Å²) in [6, 6.07) is 13.1. The molecule has 10 nitrogen and oxygen atoms in total. The molecule has 1 amide bonds. The number of esters is 1. The average molecular weight is 656 g/mol. The molecule has 1 saturated heterocycles. The molecular weight excluding hydrogens is 623 g/mol. The number of amides is 1. The molecule has 4 atom stereocenters. The number of carbonyl (C=O) groups excluding carboxylic acids is 4. The number of halogens is 3. The zero-order chi connectivity index (χ0) is 34.4. The molecule has 0 unspecified atom stereocenters. The monoisotopic (exact) mass is 655 g/mol. The zero-order valence-electron chi connectivity index (χ0n) is 26.1. The van der Waals surface area contributed by atoms with Crippen LogP contribution in [0.2, 0.25) is 0 Å². The second kappa shape index (κ2) is 12.5. The highest BCUT2D eigenvalue weighted by molar-refractivity contribution is 6.31. The minimum Gasteiger partial charge on any atom is -0.506 e. The van der Waals surface area contributed by atoms with Crippen molar-refractivity contribution in [2.45, 2.75) is 63.8 Å². The molecule has 5 rings (SSSR count). The Bertz CT molecular complexity index is 1770. The maximum atomic E-state index is 14.0. The number of fused-ring (bicyclic) bond motifs is 2. The third kappa shape index (κ3) is 5.96. The van der Waals surface area contributed by atoms with Crippen LogP contribution >= 0.6 is 0 Å². The number of aryl methyl sites for hydroxylation is 1. The molecule has 0 spiro atoms. The number of aromatic hydroxyl groups is 1. The minimum absolute atomic E-state index is 0.0239. The Morgan fingerprint density at radius 1 is 1.04 bits per heavy atom. The van der Waals surface area contributed by atoms with E-state index in [0.717, 1.165) is 12.7 Å². The lowest BCUT2D eigenvalue weighted by molar-refractivity contribution is -0.196. The number of methoxy groups -OCH3 is 2. The number of rotatable bonds is 7. The number of phenols is 1. The first-order valence-corrected chi connectivity index (χ1v) is 14.6. The maximum absolute atomic E-state index is 14.0. The number of ether oxygens (including phenoxy) is 4. The standard InChI is InChI=1S/C34H32F3NO9/c1-16-13-21-24(27(40)23(16)31(42)45-5)28(41)25-20(26(21)39)12-11-19(29(25)44-4)22-14-33(3,38-32(43)34(35,36)37)30(17(2)47-22)46-15-18-9-7-6-8-10-18/h6-13,17,22,30,40H,14-15H2,1-5H3,(H,38,43)/t17-,22-,30+,33-/m0/s1. The predicted octanol–water partition coefficient (Wildman–Crippen LogP) is 5.14. The molecule has 47 heavy (non-hydrogen) atoms. The highest BCUT2D eigenvalue weighted by Gasteiger charge is 2.52. The number of benzene rings is 3. The number of alkyl halides is 3. The molecule has 3 aromatic carbocycles. The Morgan fingerprint density at radius 2 is 1.72 bits per heavy atom. The highest BCUT2D eigenvalue weighted by Crippen LogP contribution is 2.47. The van der Waals surface area contributed by atoms with Crippen LogP contribution in [0.25, 0.3) is 0 Å². The normalized spacial score (nSPS) is 22.3. The van der Waals surface area contributed by atoms with Crippen LogP contribution in [0.15, 0.2) is 48.5 Å². The van der Waals surface area contributed by atoms with Crippen molar-refractivity contribution in [3.8, 4) is 11.5 Å². The van der Waals surface area contributed by atoms with E-state index in [4.69, 9.17) is 18.9 Å². The van der Waals surface area contributed by atoms with E-state index in [-0.39, 0.29) is 52.2 Å². The fraction of sp³-hybridized carbons (Fsp3) is 0.353. The molecule has 3 aromatic rings. The zero-order valence-corrected chi connectivity index (χ0v) is 26.1. The quantitative estimate of drug-likeness (QED) is 0.259. The molecule has 1 fully saturated rings. The van der Waals surface area contributed by atoms with Gasteiger partial charge < -0.3 is 29.4 Å². The summed E-state index contributed by atoms with van der Waals surface area (Å²) in [6.45, 7) is 4.51. The summed E-state index contributed by atoms with van der Waals surface area (Å²) >= 11 is 0. The summed E-state index contributed by atoms with van der Waals surface area (Å²) in [5.41, 5.74) is -1.56. The Hall–Kier alpha value is -4.75. The molecule has 13 heteroatoms. The number of hydrogen-bond donors (Lipinski definition) is 2. The summed E-state index contributed by atoms with van der Waals surface area (Å²) < 4.78 is 63.3. The van der Waals surface area contributed by atoms with Gasteiger partial charge in [0.1, 0.15) is 23.2 Å². The van der Waals surface area contributed by atoms with Crippen molar-refractivity contribution in [3.63, 3.8) is 0 Å². The van der Waals surface area contributed by atoms with Crippen molar-refractivity contribution in [3.05, 3.63) is 93.0 Å². The topological polar surface area (TPSA) is 137 Å². The third-order valence-corrected chi connectivity index (χ3v) is 8.54. The van der Waals surface area contributed by atoms with Crippen molar-refractivity contribution in [2.75, 3.05) is 14.2 Å². The SMILES string of the molecule is COC(=O)c1c(C)cc2c(c1O)C(=O)c1c(ccc([C@@H]3C[C@](C)(NC(=O)C(F)(F)F)[C@H](OCc4ccccc4)[C@H](C)O3)c1OC)C2=O. The molecule has 1 aliphatic carbocycles. The van der Waals surface area contributed by atoms with Crippen LogP contribution in [0.3, 0.4) is 0 Å². The number of carbonyl (C=O) groups is 4. The van der Waals surface area contributed by atoms with Gasteiger partial charge >= 0.3 is 18.1 Å². The van der Waals surface area contributed by atoms with E-state index in [1.165, 1.54) is 39.2 Å². The van der Waals surface area contributed by atoms with E-state index < -0.39 is 64.8 Å². The van der Waals surface area contributed by atoms with Gasteiger partial charge in [-0.3, -0.25) is 14.4 Å². The van der Waals surface area contributed by atoms with Crippen LogP contribution in [0.4, 0.5) is 13.2 Å². The molecule has 2 aliphatic rings. The van der Waals surface area contributed by atoms with Gasteiger partial charge in [0.25, 0.3) is 0 Å². The van der Waals surface area contributed by atoms with Crippen LogP contribution in [0.5, 0.6) is 11.5 Å². The van der Waals surface area contributed by atoms with Crippen LogP contribution < -0.4 is 10.1 Å². The van der Waals surface area contributed by atoms with Gasteiger partial charge in [-0.1, -0.05) is 36.4 Å². The van der Waals surface area contributed by atoms with Crippen LogP contribution in [0.1, 0.15) is 85.3 Å². The van der Waals surface area contributed by atoms with E-state index in [0.29, 0.717) is 0 Å². The molecule has 1 heterocycles. The molecule has 2 N–H and O–H groups in total. The number of hydrogen-bond acceptors (Lipinski definition) is 9. The minimum atomic E-state index is -5.18. The smallest absolute Gasteiger partial charge is 0.471 e. The highest BCUT2D eigenvalue weighted by atomic mass is 19.4. The van der Waals surface area contributed by atoms with Crippen molar-refractivity contribution in [1.29, 1.82) is 0 Å². The van der Waals surface area contributed by atoms with Gasteiger partial charge in [0.15, 0.2) is 5.78 Å². The number of nitrogens with one attached hydrogen (secondary N) is 1. The second-order valence-corrected chi connectivity index (χ2v) is 11.7. The first-order chi connectivity index (χ1) is 22.1. The van der Waals surface area contributed by atoms with Gasteiger partial charge in [0, 0.05) is 23.1 Å². The summed E-state index contributed by atoms with van der Waals surface area (Å²) in [7, 11) is 2.34. The summed E-state index contributed by atoms with van der Waals surface area (Å²) in [4.78, 5) is 52.3. The van der Waals surface area contributed by atoms with Crippen molar-refractivity contribution in [2.24, 2.45) is 0 Å². The second-order valence-electron chi connectivity index (χ2n) is 11.7. The predicted molar refractivity (Wildman–Crippen MR) is 160 cm³/mol. The fourth-order valence-electron chi connectivity index (χ4n) is 6.44. The van der Waals surface area contributed by atoms with Crippen LogP contribution in [-0.4, -0.2) is 66.7 Å². The number of ketones is 2. The third-order valence-electron chi connectivity index (χ3n) is 8.54. The molecule has 0 bridgehead atoms. The van der Waals surface area contributed by atoms with Crippen molar-refractivity contribution < 1.29 is 56.4 Å². The Morgan fingerprint density at radius 3 is 2.34 bits per heavy atom. The van der Waals surface area contributed by atoms with E-state index in [9.17, 15) is 37.5 Å². The molecule has 0 aromatic heterocycles. The lowest BCUT2D eigenvalue weighted by Crippen LogP contribution is -2.64. The van der Waals surface area contributed by atoms with Crippen LogP contribution in [-0.2, 0) is 25.6 Å². The Labute approximate surface area is 267 Å². The van der Waals surface area contributed by atoms with Gasteiger partial charge in [-0.25, -0.2) is 4.79 Å². The average Bonchev–Trinajstić information content (AvgIpc) is 3.01.